The molecule has 23 heavy (non-hydrogen) atoms. The summed E-state index contributed by atoms with van der Waals surface area (Å²) in [6.07, 6.45) is 3.29. The van der Waals surface area contributed by atoms with Crippen molar-refractivity contribution in [2.24, 2.45) is 13.0 Å². The zero-order valence-electron chi connectivity index (χ0n) is 13.4. The Labute approximate surface area is 135 Å². The molecule has 0 aliphatic carbocycles. The Bertz CT molecular complexity index is 707. The molecule has 0 atom stereocenters. The van der Waals surface area contributed by atoms with Crippen LogP contribution in [0.4, 0.5) is 5.82 Å². The quantitative estimate of drug-likeness (QED) is 0.841. The Morgan fingerprint density at radius 2 is 2.04 bits per heavy atom. The van der Waals surface area contributed by atoms with Crippen LogP contribution in [-0.4, -0.2) is 55.0 Å². The highest BCUT2D eigenvalue weighted by atomic mass is 32.2. The van der Waals surface area contributed by atoms with Gasteiger partial charge in [-0.1, -0.05) is 0 Å². The molecule has 0 aromatic carbocycles. The van der Waals surface area contributed by atoms with Crippen molar-refractivity contribution in [1.82, 2.24) is 14.7 Å². The van der Waals surface area contributed by atoms with Crippen molar-refractivity contribution < 1.29 is 17.9 Å². The highest BCUT2D eigenvalue weighted by molar-refractivity contribution is 7.92. The third kappa shape index (κ3) is 3.50. The lowest BCUT2D eigenvalue weighted by molar-refractivity contribution is -0.139. The monoisotopic (exact) mass is 342 g/mol. The Kier molecular flexibility index (Phi) is 4.33. The number of ether oxygens (including phenoxy) is 1. The molecule has 0 unspecified atom stereocenters. The van der Waals surface area contributed by atoms with E-state index in [1.54, 1.807) is 11.7 Å². The summed E-state index contributed by atoms with van der Waals surface area (Å²) < 4.78 is 32.5. The van der Waals surface area contributed by atoms with E-state index >= 15 is 0 Å². The molecule has 0 bridgehead atoms. The van der Waals surface area contributed by atoms with Gasteiger partial charge in [0.2, 0.25) is 15.9 Å². The minimum absolute atomic E-state index is 0.00767. The van der Waals surface area contributed by atoms with Gasteiger partial charge in [-0.25, -0.2) is 8.42 Å². The van der Waals surface area contributed by atoms with Crippen molar-refractivity contribution in [3.63, 3.8) is 0 Å². The number of rotatable bonds is 3. The number of aryl methyl sites for hydroxylation is 1. The lowest BCUT2D eigenvalue weighted by Crippen LogP contribution is -2.41. The van der Waals surface area contributed by atoms with E-state index in [9.17, 15) is 13.2 Å². The summed E-state index contributed by atoms with van der Waals surface area (Å²) in [5.41, 5.74) is 1.77. The molecule has 2 aliphatic rings. The standard InChI is InChI=1S/C14H22N4O4S/c1-17-12-3-6-18(14(19)10-4-7-22-8-5-10)9-11(12)13(15-17)16-23(2,20)21/h10H,3-9H2,1-2H3,(H,15,16). The summed E-state index contributed by atoms with van der Waals surface area (Å²) in [5, 5.41) is 4.25. The number of hydrogen-bond donors (Lipinski definition) is 1. The first kappa shape index (κ1) is 16.3. The number of aromatic nitrogens is 2. The van der Waals surface area contributed by atoms with Gasteiger partial charge in [0, 0.05) is 50.4 Å². The van der Waals surface area contributed by atoms with Gasteiger partial charge in [-0.05, 0) is 12.8 Å². The van der Waals surface area contributed by atoms with Crippen LogP contribution in [0, 0.1) is 5.92 Å². The minimum atomic E-state index is -3.40. The predicted octanol–water partition coefficient (Wildman–Crippen LogP) is 0.103. The van der Waals surface area contributed by atoms with Crippen molar-refractivity contribution in [2.75, 3.05) is 30.7 Å². The molecular formula is C14H22N4O4S. The number of nitrogens with zero attached hydrogens (tertiary/aromatic N) is 3. The highest BCUT2D eigenvalue weighted by Gasteiger charge is 2.31. The normalized spacial score (nSPS) is 19.5. The molecule has 128 valence electrons. The molecule has 0 saturated carbocycles. The maximum atomic E-state index is 12.7. The van der Waals surface area contributed by atoms with Crippen LogP contribution in [-0.2, 0) is 39.6 Å². The van der Waals surface area contributed by atoms with Gasteiger partial charge >= 0.3 is 0 Å². The van der Waals surface area contributed by atoms with Crippen LogP contribution in [0.3, 0.4) is 0 Å². The number of carbonyl (C=O) groups excluding carboxylic acids is 1. The van der Waals surface area contributed by atoms with Crippen LogP contribution in [0.1, 0.15) is 24.1 Å². The SMILES string of the molecule is Cn1nc(NS(C)(=O)=O)c2c1CCN(C(=O)C1CCOCC1)C2. The molecule has 0 spiro atoms. The van der Waals surface area contributed by atoms with Gasteiger partial charge in [-0.15, -0.1) is 0 Å². The fourth-order valence-corrected chi connectivity index (χ4v) is 3.76. The molecule has 2 aliphatic heterocycles. The van der Waals surface area contributed by atoms with Crippen LogP contribution in [0.25, 0.3) is 0 Å². The van der Waals surface area contributed by atoms with Crippen molar-refractivity contribution in [2.45, 2.75) is 25.8 Å². The average molecular weight is 342 g/mol. The lowest BCUT2D eigenvalue weighted by atomic mass is 9.97. The molecule has 1 fully saturated rings. The molecule has 8 nitrogen and oxygen atoms in total. The number of nitrogens with one attached hydrogen (secondary N) is 1. The Morgan fingerprint density at radius 3 is 2.70 bits per heavy atom. The summed E-state index contributed by atoms with van der Waals surface area (Å²) in [5.74, 6) is 0.468. The molecule has 0 radical (unpaired) electrons. The van der Waals surface area contributed by atoms with Gasteiger partial charge in [0.15, 0.2) is 5.82 Å². The Morgan fingerprint density at radius 1 is 1.35 bits per heavy atom. The van der Waals surface area contributed by atoms with Crippen LogP contribution in [0.5, 0.6) is 0 Å². The van der Waals surface area contributed by atoms with Crippen LogP contribution in [0.2, 0.25) is 0 Å². The van der Waals surface area contributed by atoms with E-state index in [0.29, 0.717) is 38.5 Å². The fourth-order valence-electron chi connectivity index (χ4n) is 3.24. The maximum absolute atomic E-state index is 12.7. The molecule has 3 rings (SSSR count). The molecule has 1 saturated heterocycles. The summed E-state index contributed by atoms with van der Waals surface area (Å²) >= 11 is 0. The number of fused-ring (bicyclic) bond motifs is 1. The van der Waals surface area contributed by atoms with E-state index in [1.165, 1.54) is 0 Å². The Hall–Kier alpha value is -1.61. The van der Waals surface area contributed by atoms with Gasteiger partial charge in [0.05, 0.1) is 12.8 Å². The number of hydrogen-bond acceptors (Lipinski definition) is 5. The van der Waals surface area contributed by atoms with E-state index in [0.717, 1.165) is 30.4 Å². The second-order valence-electron chi connectivity index (χ2n) is 6.17. The number of sulfonamides is 1. The van der Waals surface area contributed by atoms with E-state index in [1.807, 2.05) is 4.90 Å². The summed E-state index contributed by atoms with van der Waals surface area (Å²) in [6.45, 7) is 2.30. The van der Waals surface area contributed by atoms with E-state index < -0.39 is 10.0 Å². The van der Waals surface area contributed by atoms with Crippen LogP contribution in [0.15, 0.2) is 0 Å². The van der Waals surface area contributed by atoms with Gasteiger partial charge in [0.1, 0.15) is 0 Å². The lowest BCUT2D eigenvalue weighted by Gasteiger charge is -2.32. The van der Waals surface area contributed by atoms with Crippen molar-refractivity contribution in [1.29, 1.82) is 0 Å². The van der Waals surface area contributed by atoms with E-state index in [2.05, 4.69) is 9.82 Å². The molecule has 1 aromatic heterocycles. The maximum Gasteiger partial charge on any atom is 0.231 e. The fraction of sp³-hybridized carbons (Fsp3) is 0.714. The largest absolute Gasteiger partial charge is 0.381 e. The molecule has 3 heterocycles. The first-order chi connectivity index (χ1) is 10.8. The zero-order chi connectivity index (χ0) is 16.6. The minimum Gasteiger partial charge on any atom is -0.381 e. The summed E-state index contributed by atoms with van der Waals surface area (Å²) in [6, 6.07) is 0. The second-order valence-corrected chi connectivity index (χ2v) is 7.92. The number of amides is 1. The first-order valence-electron chi connectivity index (χ1n) is 7.74. The number of carbonyl (C=O) groups is 1. The van der Waals surface area contributed by atoms with Crippen molar-refractivity contribution >= 4 is 21.7 Å². The van der Waals surface area contributed by atoms with Gasteiger partial charge < -0.3 is 9.64 Å². The summed E-state index contributed by atoms with van der Waals surface area (Å²) in [7, 11) is -1.61. The van der Waals surface area contributed by atoms with Crippen LogP contribution < -0.4 is 4.72 Å². The molecular weight excluding hydrogens is 320 g/mol. The van der Waals surface area contributed by atoms with Gasteiger partial charge in [-0.2, -0.15) is 5.10 Å². The van der Waals surface area contributed by atoms with Gasteiger partial charge in [-0.3, -0.25) is 14.2 Å². The second kappa shape index (κ2) is 6.12. The first-order valence-corrected chi connectivity index (χ1v) is 9.63. The molecule has 9 heteroatoms. The highest BCUT2D eigenvalue weighted by Crippen LogP contribution is 2.28. The van der Waals surface area contributed by atoms with Gasteiger partial charge in [0.25, 0.3) is 0 Å². The van der Waals surface area contributed by atoms with E-state index in [4.69, 9.17) is 4.74 Å². The molecule has 1 N–H and O–H groups in total. The van der Waals surface area contributed by atoms with E-state index in [-0.39, 0.29) is 11.8 Å². The Balaban J connectivity index is 1.80. The van der Waals surface area contributed by atoms with Crippen LogP contribution >= 0.6 is 0 Å². The zero-order valence-corrected chi connectivity index (χ0v) is 14.2. The third-order valence-electron chi connectivity index (χ3n) is 4.41. The smallest absolute Gasteiger partial charge is 0.231 e. The van der Waals surface area contributed by atoms with Crippen molar-refractivity contribution in [3.8, 4) is 0 Å². The third-order valence-corrected chi connectivity index (χ3v) is 4.97. The molecule has 1 aromatic rings. The van der Waals surface area contributed by atoms with Crippen molar-refractivity contribution in [3.05, 3.63) is 11.3 Å². The topological polar surface area (TPSA) is 93.5 Å². The molecule has 1 amide bonds. The predicted molar refractivity (Wildman–Crippen MR) is 84.3 cm³/mol. The summed E-state index contributed by atoms with van der Waals surface area (Å²) in [4.78, 5) is 14.5. The average Bonchev–Trinajstić information content (AvgIpc) is 2.81. The number of anilines is 1.